The molecule has 30 heavy (non-hydrogen) atoms. The van der Waals surface area contributed by atoms with E-state index in [0.29, 0.717) is 17.3 Å². The van der Waals surface area contributed by atoms with Crippen LogP contribution in [-0.4, -0.2) is 17.6 Å². The molecule has 0 N–H and O–H groups in total. The first-order valence-electron chi connectivity index (χ1n) is 9.40. The summed E-state index contributed by atoms with van der Waals surface area (Å²) in [4.78, 5) is 29.3. The van der Waals surface area contributed by atoms with Gasteiger partial charge in [0.05, 0.1) is 18.0 Å². The minimum Gasteiger partial charge on any atom is -0.304 e. The highest BCUT2D eigenvalue weighted by Gasteiger charge is 2.60. The monoisotopic (exact) mass is 498 g/mol. The maximum atomic E-state index is 14.0. The molecule has 0 saturated carbocycles. The van der Waals surface area contributed by atoms with E-state index < -0.39 is 4.87 Å². The molecule has 2 heterocycles. The van der Waals surface area contributed by atoms with Gasteiger partial charge in [0.2, 0.25) is 10.8 Å². The van der Waals surface area contributed by atoms with Gasteiger partial charge in [0, 0.05) is 20.7 Å². The zero-order valence-corrected chi connectivity index (χ0v) is 18.9. The molecule has 7 heteroatoms. The van der Waals surface area contributed by atoms with Crippen molar-refractivity contribution in [1.82, 2.24) is 0 Å². The Morgan fingerprint density at radius 1 is 1.00 bits per heavy atom. The van der Waals surface area contributed by atoms with E-state index in [2.05, 4.69) is 15.9 Å². The van der Waals surface area contributed by atoms with Gasteiger partial charge in [0.25, 0.3) is 5.91 Å². The largest absolute Gasteiger partial charge is 0.304 e. The highest BCUT2D eigenvalue weighted by atomic mass is 79.9. The van der Waals surface area contributed by atoms with Crippen molar-refractivity contribution in [2.75, 3.05) is 15.6 Å². The first-order chi connectivity index (χ1) is 14.5. The molecule has 1 spiro atoms. The maximum Gasteiger partial charge on any atom is 0.269 e. The van der Waals surface area contributed by atoms with Crippen molar-refractivity contribution in [1.29, 1.82) is 0 Å². The fourth-order valence-corrected chi connectivity index (χ4v) is 6.07. The lowest BCUT2D eigenvalue weighted by Crippen LogP contribution is -2.49. The van der Waals surface area contributed by atoms with Gasteiger partial charge in [-0.05, 0) is 35.9 Å². The van der Waals surface area contributed by atoms with Crippen LogP contribution in [0.5, 0.6) is 0 Å². The summed E-state index contributed by atoms with van der Waals surface area (Å²) in [6.07, 6.45) is 0. The average molecular weight is 500 g/mol. The topological polar surface area (TPSA) is 40.6 Å². The van der Waals surface area contributed by atoms with Crippen LogP contribution in [0, 0.1) is 0 Å². The van der Waals surface area contributed by atoms with Crippen LogP contribution in [-0.2, 0) is 21.0 Å². The van der Waals surface area contributed by atoms with E-state index in [1.807, 2.05) is 72.8 Å². The van der Waals surface area contributed by atoms with Gasteiger partial charge in [-0.3, -0.25) is 14.5 Å². The van der Waals surface area contributed by atoms with E-state index >= 15 is 0 Å². The van der Waals surface area contributed by atoms with Crippen LogP contribution in [0.1, 0.15) is 11.1 Å². The molecule has 1 unspecified atom stereocenters. The minimum atomic E-state index is -1.12. The third-order valence-corrected chi connectivity index (χ3v) is 7.66. The first kappa shape index (κ1) is 19.7. The van der Waals surface area contributed by atoms with Crippen LogP contribution in [0.3, 0.4) is 0 Å². The van der Waals surface area contributed by atoms with E-state index in [1.54, 1.807) is 9.80 Å². The van der Waals surface area contributed by atoms with Gasteiger partial charge in [-0.2, -0.15) is 0 Å². The Morgan fingerprint density at radius 2 is 1.77 bits per heavy atom. The Labute approximate surface area is 191 Å². The maximum absolute atomic E-state index is 14.0. The highest BCUT2D eigenvalue weighted by Crippen LogP contribution is 2.56. The van der Waals surface area contributed by atoms with Crippen molar-refractivity contribution in [3.63, 3.8) is 0 Å². The second kappa shape index (κ2) is 7.45. The summed E-state index contributed by atoms with van der Waals surface area (Å²) < 4.78 is 0.853. The van der Waals surface area contributed by atoms with Gasteiger partial charge in [0.1, 0.15) is 0 Å². The lowest BCUT2D eigenvalue weighted by Gasteiger charge is -2.33. The number of hydrogen-bond donors (Lipinski definition) is 0. The van der Waals surface area contributed by atoms with E-state index in [9.17, 15) is 9.59 Å². The Kier molecular flexibility index (Phi) is 4.88. The Morgan fingerprint density at radius 3 is 2.57 bits per heavy atom. The molecule has 0 radical (unpaired) electrons. The van der Waals surface area contributed by atoms with Crippen LogP contribution in [0.4, 0.5) is 11.4 Å². The number of rotatable bonds is 3. The number of carbonyl (C=O) groups is 2. The summed E-state index contributed by atoms with van der Waals surface area (Å²) >= 11 is 11.2. The van der Waals surface area contributed by atoms with Crippen LogP contribution < -0.4 is 9.80 Å². The molecule has 0 aliphatic carbocycles. The quantitative estimate of drug-likeness (QED) is 0.472. The number of benzene rings is 3. The second-order valence-corrected chi connectivity index (χ2v) is 9.63. The van der Waals surface area contributed by atoms with Gasteiger partial charge < -0.3 is 4.90 Å². The molecule has 2 aliphatic heterocycles. The Hall–Kier alpha value is -2.28. The molecule has 4 nitrogen and oxygen atoms in total. The van der Waals surface area contributed by atoms with E-state index in [1.165, 1.54) is 11.8 Å². The van der Waals surface area contributed by atoms with Crippen molar-refractivity contribution in [3.8, 4) is 0 Å². The molecule has 1 atom stereocenters. The summed E-state index contributed by atoms with van der Waals surface area (Å²) in [7, 11) is 0. The smallest absolute Gasteiger partial charge is 0.269 e. The molecule has 0 bridgehead atoms. The van der Waals surface area contributed by atoms with Crippen LogP contribution in [0.25, 0.3) is 0 Å². The SMILES string of the molecule is O=C1CSC2(C(=O)N(Cc3ccccc3Cl)c3ccccc32)N1c1cccc(Br)c1. The molecule has 1 fully saturated rings. The van der Waals surface area contributed by atoms with E-state index in [0.717, 1.165) is 21.3 Å². The van der Waals surface area contributed by atoms with Crippen molar-refractivity contribution < 1.29 is 9.59 Å². The van der Waals surface area contributed by atoms with Gasteiger partial charge in [-0.15, -0.1) is 11.8 Å². The fraction of sp³-hybridized carbons (Fsp3) is 0.130. The number of carbonyl (C=O) groups excluding carboxylic acids is 2. The molecule has 3 aromatic carbocycles. The Balaban J connectivity index is 1.66. The number of hydrogen-bond acceptors (Lipinski definition) is 3. The van der Waals surface area contributed by atoms with E-state index in [4.69, 9.17) is 11.6 Å². The van der Waals surface area contributed by atoms with Crippen molar-refractivity contribution in [3.05, 3.63) is 93.4 Å². The third-order valence-electron chi connectivity index (χ3n) is 5.42. The number of anilines is 2. The molecule has 1 saturated heterocycles. The molecule has 3 aromatic rings. The van der Waals surface area contributed by atoms with Crippen molar-refractivity contribution in [2.45, 2.75) is 11.4 Å². The number of thioether (sulfide) groups is 1. The van der Waals surface area contributed by atoms with Gasteiger partial charge in [-0.1, -0.05) is 70.0 Å². The first-order valence-corrected chi connectivity index (χ1v) is 11.6. The minimum absolute atomic E-state index is 0.0825. The summed E-state index contributed by atoms with van der Waals surface area (Å²) in [5, 5.41) is 0.614. The van der Waals surface area contributed by atoms with Crippen LogP contribution >= 0.6 is 39.3 Å². The number of para-hydroxylation sites is 1. The Bertz CT molecular complexity index is 1190. The van der Waals surface area contributed by atoms with Gasteiger partial charge in [-0.25, -0.2) is 0 Å². The standard InChI is InChI=1S/C23H16BrClN2O2S/c24-16-7-5-8-17(12-16)27-21(28)14-30-23(27)18-9-2-4-11-20(18)26(22(23)29)13-15-6-1-3-10-19(15)25/h1-12H,13-14H2. The normalized spacial score (nSPS) is 20.3. The fourth-order valence-electron chi connectivity index (χ4n) is 4.12. The molecule has 0 aromatic heterocycles. The zero-order chi connectivity index (χ0) is 20.9. The summed E-state index contributed by atoms with van der Waals surface area (Å²) in [5.41, 5.74) is 3.20. The highest BCUT2D eigenvalue weighted by molar-refractivity contribution is 9.10. The van der Waals surface area contributed by atoms with E-state index in [-0.39, 0.29) is 17.6 Å². The summed E-state index contributed by atoms with van der Waals surface area (Å²) in [6, 6.07) is 22.7. The summed E-state index contributed by atoms with van der Waals surface area (Å²) in [6.45, 7) is 0.346. The number of amides is 2. The lowest BCUT2D eigenvalue weighted by molar-refractivity contribution is -0.123. The second-order valence-electron chi connectivity index (χ2n) is 7.14. The molecule has 150 valence electrons. The predicted molar refractivity (Wildman–Crippen MR) is 125 cm³/mol. The van der Waals surface area contributed by atoms with Crippen molar-refractivity contribution >= 4 is 62.5 Å². The van der Waals surface area contributed by atoms with Gasteiger partial charge >= 0.3 is 0 Å². The third kappa shape index (κ3) is 2.89. The molecule has 2 amide bonds. The van der Waals surface area contributed by atoms with Crippen LogP contribution in [0.2, 0.25) is 5.02 Å². The lowest BCUT2D eigenvalue weighted by atomic mass is 10.0. The zero-order valence-electron chi connectivity index (χ0n) is 15.7. The van der Waals surface area contributed by atoms with Crippen molar-refractivity contribution in [2.24, 2.45) is 0 Å². The molecular formula is C23H16BrClN2O2S. The van der Waals surface area contributed by atoms with Gasteiger partial charge in [0.15, 0.2) is 0 Å². The molecule has 5 rings (SSSR count). The number of halogens is 2. The predicted octanol–water partition coefficient (Wildman–Crippen LogP) is 5.58. The molecular weight excluding hydrogens is 484 g/mol. The van der Waals surface area contributed by atoms with Crippen LogP contribution in [0.15, 0.2) is 77.3 Å². The molecule has 2 aliphatic rings. The number of nitrogens with zero attached hydrogens (tertiary/aromatic N) is 2. The average Bonchev–Trinajstić information content (AvgIpc) is 3.21. The number of fused-ring (bicyclic) bond motifs is 2. The summed E-state index contributed by atoms with van der Waals surface area (Å²) in [5.74, 6) is 0.0345.